The van der Waals surface area contributed by atoms with Crippen molar-refractivity contribution in [2.24, 2.45) is 11.1 Å². The number of rotatable bonds is 7. The van der Waals surface area contributed by atoms with E-state index in [-0.39, 0.29) is 0 Å². The molecule has 2 N–H and O–H groups in total. The van der Waals surface area contributed by atoms with Gasteiger partial charge in [-0.2, -0.15) is 0 Å². The highest BCUT2D eigenvalue weighted by molar-refractivity contribution is 4.80. The summed E-state index contributed by atoms with van der Waals surface area (Å²) < 4.78 is 0. The van der Waals surface area contributed by atoms with E-state index in [1.165, 1.54) is 45.3 Å². The molecule has 3 nitrogen and oxygen atoms in total. The number of hydrogen-bond acceptors (Lipinski definition) is 3. The van der Waals surface area contributed by atoms with E-state index >= 15 is 0 Å². The van der Waals surface area contributed by atoms with E-state index < -0.39 is 0 Å². The Hall–Kier alpha value is -0.120. The molecule has 0 aromatic heterocycles. The normalized spacial score (nSPS) is 22.6. The van der Waals surface area contributed by atoms with Crippen molar-refractivity contribution in [1.29, 1.82) is 0 Å². The summed E-state index contributed by atoms with van der Waals surface area (Å²) in [6.07, 6.45) is 5.23. The summed E-state index contributed by atoms with van der Waals surface area (Å²) in [4.78, 5) is 4.97. The average molecular weight is 241 g/mol. The van der Waals surface area contributed by atoms with Crippen LogP contribution in [0.15, 0.2) is 0 Å². The quantitative estimate of drug-likeness (QED) is 0.690. The Balaban J connectivity index is 2.08. The van der Waals surface area contributed by atoms with Crippen LogP contribution in [0.1, 0.15) is 39.5 Å². The van der Waals surface area contributed by atoms with Crippen molar-refractivity contribution in [3.63, 3.8) is 0 Å². The topological polar surface area (TPSA) is 32.5 Å². The molecule has 1 rings (SSSR count). The molecule has 17 heavy (non-hydrogen) atoms. The second-order valence-electron chi connectivity index (χ2n) is 6.53. The van der Waals surface area contributed by atoms with Gasteiger partial charge in [-0.15, -0.1) is 0 Å². The third-order valence-electron chi connectivity index (χ3n) is 4.11. The first kappa shape index (κ1) is 14.9. The second kappa shape index (κ2) is 6.72. The van der Waals surface area contributed by atoms with Crippen LogP contribution in [0.4, 0.5) is 0 Å². The molecular weight excluding hydrogens is 210 g/mol. The van der Waals surface area contributed by atoms with E-state index in [0.29, 0.717) is 5.41 Å². The average Bonchev–Trinajstić information content (AvgIpc) is 2.73. The Bertz CT molecular complexity index is 214. The molecule has 0 aliphatic carbocycles. The maximum Gasteiger partial charge on any atom is 0.0229 e. The molecule has 0 aromatic carbocycles. The van der Waals surface area contributed by atoms with Crippen molar-refractivity contribution >= 4 is 0 Å². The standard InChI is InChI=1S/C14H31N3/c1-14(2,12-15)8-5-6-9-17-10-7-13(11-17)16(3)4/h13H,5-12,15H2,1-4H3. The Morgan fingerprint density at radius 2 is 2.00 bits per heavy atom. The van der Waals surface area contributed by atoms with Gasteiger partial charge in [0.05, 0.1) is 0 Å². The van der Waals surface area contributed by atoms with Crippen LogP contribution in [0.5, 0.6) is 0 Å². The molecule has 1 aliphatic heterocycles. The van der Waals surface area contributed by atoms with Crippen molar-refractivity contribution in [3.05, 3.63) is 0 Å². The van der Waals surface area contributed by atoms with E-state index in [4.69, 9.17) is 5.73 Å². The lowest BCUT2D eigenvalue weighted by Gasteiger charge is -2.23. The van der Waals surface area contributed by atoms with Crippen LogP contribution in [-0.4, -0.2) is 56.1 Å². The second-order valence-corrected chi connectivity index (χ2v) is 6.53. The van der Waals surface area contributed by atoms with Gasteiger partial charge in [-0.1, -0.05) is 20.3 Å². The highest BCUT2D eigenvalue weighted by atomic mass is 15.2. The molecule has 1 fully saturated rings. The zero-order valence-electron chi connectivity index (χ0n) is 12.2. The summed E-state index contributed by atoms with van der Waals surface area (Å²) in [5, 5.41) is 0. The van der Waals surface area contributed by atoms with Crippen molar-refractivity contribution < 1.29 is 0 Å². The van der Waals surface area contributed by atoms with Gasteiger partial charge >= 0.3 is 0 Å². The lowest BCUT2D eigenvalue weighted by molar-refractivity contribution is 0.258. The van der Waals surface area contributed by atoms with E-state index in [1.54, 1.807) is 0 Å². The largest absolute Gasteiger partial charge is 0.330 e. The first-order valence-corrected chi connectivity index (χ1v) is 7.03. The first-order valence-electron chi connectivity index (χ1n) is 7.03. The molecule has 0 bridgehead atoms. The fraction of sp³-hybridized carbons (Fsp3) is 1.00. The minimum absolute atomic E-state index is 0.331. The van der Waals surface area contributed by atoms with E-state index in [2.05, 4.69) is 37.7 Å². The predicted octanol–water partition coefficient (Wildman–Crippen LogP) is 1.78. The van der Waals surface area contributed by atoms with Crippen molar-refractivity contribution in [2.75, 3.05) is 40.3 Å². The lowest BCUT2D eigenvalue weighted by Crippen LogP contribution is -2.32. The maximum absolute atomic E-state index is 5.75. The summed E-state index contributed by atoms with van der Waals surface area (Å²) in [6, 6.07) is 0.774. The summed E-state index contributed by atoms with van der Waals surface area (Å²) in [5.41, 5.74) is 6.08. The monoisotopic (exact) mass is 241 g/mol. The fourth-order valence-corrected chi connectivity index (χ4v) is 2.48. The Morgan fingerprint density at radius 3 is 2.53 bits per heavy atom. The van der Waals surface area contributed by atoms with Crippen molar-refractivity contribution in [1.82, 2.24) is 9.80 Å². The predicted molar refractivity (Wildman–Crippen MR) is 75.2 cm³/mol. The lowest BCUT2D eigenvalue weighted by atomic mass is 9.87. The third kappa shape index (κ3) is 5.36. The fourth-order valence-electron chi connectivity index (χ4n) is 2.48. The van der Waals surface area contributed by atoms with Gasteiger partial charge in [0.25, 0.3) is 0 Å². The number of likely N-dealkylation sites (tertiary alicyclic amines) is 1. The summed E-state index contributed by atoms with van der Waals surface area (Å²) in [7, 11) is 4.38. The number of unbranched alkanes of at least 4 members (excludes halogenated alkanes) is 1. The Kier molecular flexibility index (Phi) is 5.90. The maximum atomic E-state index is 5.75. The van der Waals surface area contributed by atoms with Crippen LogP contribution >= 0.6 is 0 Å². The third-order valence-corrected chi connectivity index (χ3v) is 4.11. The molecule has 0 saturated carbocycles. The van der Waals surface area contributed by atoms with Gasteiger partial charge in [-0.25, -0.2) is 0 Å². The van der Waals surface area contributed by atoms with E-state index in [9.17, 15) is 0 Å². The zero-order valence-corrected chi connectivity index (χ0v) is 12.2. The molecular formula is C14H31N3. The van der Waals surface area contributed by atoms with Gasteiger partial charge in [0, 0.05) is 12.6 Å². The van der Waals surface area contributed by atoms with Crippen LogP contribution in [0, 0.1) is 5.41 Å². The summed E-state index contributed by atoms with van der Waals surface area (Å²) >= 11 is 0. The number of nitrogens with zero attached hydrogens (tertiary/aromatic N) is 2. The van der Waals surface area contributed by atoms with Gasteiger partial charge in [-0.3, -0.25) is 0 Å². The van der Waals surface area contributed by atoms with Crippen LogP contribution in [0.2, 0.25) is 0 Å². The molecule has 0 aromatic rings. The molecule has 1 heterocycles. The minimum Gasteiger partial charge on any atom is -0.330 e. The molecule has 0 radical (unpaired) electrons. The van der Waals surface area contributed by atoms with Crippen LogP contribution in [0.3, 0.4) is 0 Å². The first-order chi connectivity index (χ1) is 7.94. The molecule has 102 valence electrons. The Morgan fingerprint density at radius 1 is 1.29 bits per heavy atom. The highest BCUT2D eigenvalue weighted by Crippen LogP contribution is 2.22. The minimum atomic E-state index is 0.331. The number of likely N-dealkylation sites (N-methyl/N-ethyl adjacent to an activating group) is 1. The molecule has 0 spiro atoms. The molecule has 0 amide bonds. The number of nitrogens with two attached hydrogens (primary N) is 1. The summed E-state index contributed by atoms with van der Waals surface area (Å²) in [6.45, 7) is 9.15. The van der Waals surface area contributed by atoms with Crippen LogP contribution in [-0.2, 0) is 0 Å². The van der Waals surface area contributed by atoms with Crippen molar-refractivity contribution in [2.45, 2.75) is 45.6 Å². The molecule has 1 aliphatic rings. The van der Waals surface area contributed by atoms with Gasteiger partial charge in [0.2, 0.25) is 0 Å². The SMILES string of the molecule is CN(C)C1CCN(CCCCC(C)(C)CN)C1. The van der Waals surface area contributed by atoms with Gasteiger partial charge < -0.3 is 15.5 Å². The zero-order chi connectivity index (χ0) is 12.9. The van der Waals surface area contributed by atoms with Gasteiger partial charge in [0.1, 0.15) is 0 Å². The molecule has 1 unspecified atom stereocenters. The van der Waals surface area contributed by atoms with Gasteiger partial charge in [-0.05, 0) is 58.4 Å². The molecule has 1 saturated heterocycles. The Labute approximate surface area is 107 Å². The molecule has 1 atom stereocenters. The summed E-state index contributed by atoms with van der Waals surface area (Å²) in [5.74, 6) is 0. The highest BCUT2D eigenvalue weighted by Gasteiger charge is 2.23. The van der Waals surface area contributed by atoms with E-state index in [1.807, 2.05) is 0 Å². The van der Waals surface area contributed by atoms with Gasteiger partial charge in [0.15, 0.2) is 0 Å². The van der Waals surface area contributed by atoms with Crippen LogP contribution < -0.4 is 5.73 Å². The van der Waals surface area contributed by atoms with Crippen molar-refractivity contribution in [3.8, 4) is 0 Å². The van der Waals surface area contributed by atoms with Crippen LogP contribution in [0.25, 0.3) is 0 Å². The molecule has 3 heteroatoms. The van der Waals surface area contributed by atoms with E-state index in [0.717, 1.165) is 12.6 Å². The smallest absolute Gasteiger partial charge is 0.0229 e. The number of hydrogen-bond donors (Lipinski definition) is 1.